The number of benzene rings is 1. The first kappa shape index (κ1) is 17.4. The summed E-state index contributed by atoms with van der Waals surface area (Å²) in [6, 6.07) is 4.23. The van der Waals surface area contributed by atoms with Crippen molar-refractivity contribution in [3.05, 3.63) is 46.0 Å². The fourth-order valence-electron chi connectivity index (χ4n) is 6.39. The quantitative estimate of drug-likeness (QED) is 0.566. The minimum Gasteiger partial charge on any atom is -0.366 e. The second-order valence-electron chi connectivity index (χ2n) is 8.56. The van der Waals surface area contributed by atoms with Crippen LogP contribution in [-0.4, -0.2) is 5.91 Å². The Bertz CT molecular complexity index is 853. The van der Waals surface area contributed by atoms with Crippen molar-refractivity contribution in [2.24, 2.45) is 23.0 Å². The number of carbonyl (C=O) groups excluding carboxylic acids is 1. The number of carbonyl (C=O) groups is 1. The van der Waals surface area contributed by atoms with Gasteiger partial charge in [-0.1, -0.05) is 24.5 Å². The van der Waals surface area contributed by atoms with Crippen molar-refractivity contribution < 1.29 is 4.79 Å². The number of amides is 1. The number of hydrogen-bond donors (Lipinski definition) is 1. The van der Waals surface area contributed by atoms with E-state index in [1.54, 1.807) is 5.57 Å². The molecular formula is C24H29NO. The molecule has 2 fully saturated rings. The monoisotopic (exact) mass is 347 g/mol. The number of nitrogens with two attached hydrogens (primary N) is 1. The zero-order chi connectivity index (χ0) is 18.5. The molecule has 3 aliphatic carbocycles. The van der Waals surface area contributed by atoms with Gasteiger partial charge >= 0.3 is 0 Å². The van der Waals surface area contributed by atoms with Crippen LogP contribution in [-0.2, 0) is 6.42 Å². The first-order valence-electron chi connectivity index (χ1n) is 10.0. The third-order valence-corrected chi connectivity index (χ3v) is 7.58. The second-order valence-corrected chi connectivity index (χ2v) is 8.56. The summed E-state index contributed by atoms with van der Waals surface area (Å²) in [6.45, 7) is 6.54. The lowest BCUT2D eigenvalue weighted by molar-refractivity contribution is 0.0813. The lowest BCUT2D eigenvalue weighted by Gasteiger charge is -2.49. The van der Waals surface area contributed by atoms with E-state index >= 15 is 0 Å². The van der Waals surface area contributed by atoms with E-state index in [-0.39, 0.29) is 5.91 Å². The molecule has 2 N–H and O–H groups in total. The largest absolute Gasteiger partial charge is 0.366 e. The highest BCUT2D eigenvalue weighted by molar-refractivity contribution is 5.96. The number of allylic oxidation sites excluding steroid dienone is 2. The van der Waals surface area contributed by atoms with Gasteiger partial charge < -0.3 is 5.73 Å². The number of primary amides is 1. The molecule has 4 rings (SSSR count). The van der Waals surface area contributed by atoms with Crippen LogP contribution < -0.4 is 5.73 Å². The van der Waals surface area contributed by atoms with Gasteiger partial charge in [0.15, 0.2) is 0 Å². The molecule has 4 atom stereocenters. The highest BCUT2D eigenvalue weighted by atomic mass is 16.1. The van der Waals surface area contributed by atoms with Gasteiger partial charge in [0.2, 0.25) is 5.91 Å². The Morgan fingerprint density at radius 2 is 2.08 bits per heavy atom. The molecule has 1 aromatic rings. The van der Waals surface area contributed by atoms with E-state index < -0.39 is 0 Å². The zero-order valence-corrected chi connectivity index (χ0v) is 16.2. The van der Waals surface area contributed by atoms with Crippen LogP contribution >= 0.6 is 0 Å². The van der Waals surface area contributed by atoms with Crippen molar-refractivity contribution in [3.63, 3.8) is 0 Å². The van der Waals surface area contributed by atoms with Crippen LogP contribution in [0, 0.1) is 29.1 Å². The first-order valence-corrected chi connectivity index (χ1v) is 10.0. The van der Waals surface area contributed by atoms with E-state index in [4.69, 9.17) is 5.73 Å². The van der Waals surface area contributed by atoms with Gasteiger partial charge in [-0.3, -0.25) is 4.79 Å². The molecule has 2 heteroatoms. The summed E-state index contributed by atoms with van der Waals surface area (Å²) in [5.74, 6) is 7.88. The summed E-state index contributed by atoms with van der Waals surface area (Å²) in [5.41, 5.74) is 11.9. The van der Waals surface area contributed by atoms with Crippen LogP contribution in [0.3, 0.4) is 0 Å². The lowest BCUT2D eigenvalue weighted by Crippen LogP contribution is -2.40. The average Bonchev–Trinajstić information content (AvgIpc) is 2.97. The Morgan fingerprint density at radius 1 is 1.27 bits per heavy atom. The molecule has 136 valence electrons. The molecular weight excluding hydrogens is 318 g/mol. The van der Waals surface area contributed by atoms with Gasteiger partial charge in [-0.05, 0) is 98.8 Å². The second kappa shape index (κ2) is 6.31. The Labute approximate surface area is 157 Å². The topological polar surface area (TPSA) is 43.1 Å². The van der Waals surface area contributed by atoms with Gasteiger partial charge in [0.1, 0.15) is 0 Å². The SMILES string of the molecule is CC#Cc1cc2c(cc1C(N)=O)CCC1C2CC[C@]2(C)/C(=C/C)CCC12. The number of aryl methyl sites for hydroxylation is 1. The van der Waals surface area contributed by atoms with Gasteiger partial charge in [-0.25, -0.2) is 0 Å². The lowest BCUT2D eigenvalue weighted by atomic mass is 9.55. The fraction of sp³-hybridized carbons (Fsp3) is 0.542. The maximum atomic E-state index is 11.9. The number of hydrogen-bond acceptors (Lipinski definition) is 1. The van der Waals surface area contributed by atoms with Crippen LogP contribution in [0.5, 0.6) is 0 Å². The highest BCUT2D eigenvalue weighted by Crippen LogP contribution is 2.62. The Balaban J connectivity index is 1.76. The van der Waals surface area contributed by atoms with E-state index in [1.807, 2.05) is 13.0 Å². The molecule has 0 spiro atoms. The Hall–Kier alpha value is -2.01. The van der Waals surface area contributed by atoms with E-state index in [9.17, 15) is 4.79 Å². The minimum absolute atomic E-state index is 0.364. The molecule has 0 saturated heterocycles. The van der Waals surface area contributed by atoms with Crippen molar-refractivity contribution in [2.75, 3.05) is 0 Å². The van der Waals surface area contributed by atoms with Crippen LogP contribution in [0.1, 0.15) is 85.8 Å². The third-order valence-electron chi connectivity index (χ3n) is 7.58. The smallest absolute Gasteiger partial charge is 0.249 e. The van der Waals surface area contributed by atoms with Crippen molar-refractivity contribution in [3.8, 4) is 11.8 Å². The van der Waals surface area contributed by atoms with E-state index in [0.29, 0.717) is 16.9 Å². The standard InChI is InChI=1S/C24H29NO/c1-4-6-15-13-20-16(14-21(15)23(25)26)7-9-19-18(20)11-12-24(3)17(5-2)8-10-22(19)24/h5,13-14,18-19,22H,7-12H2,1-3H3,(H2,25,26)/b17-5+/t18?,19?,22?,24-/m1/s1. The Kier molecular flexibility index (Phi) is 4.22. The van der Waals surface area contributed by atoms with Crippen LogP contribution in [0.2, 0.25) is 0 Å². The highest BCUT2D eigenvalue weighted by Gasteiger charge is 2.52. The summed E-state index contributed by atoms with van der Waals surface area (Å²) in [6.07, 6.45) is 9.83. The zero-order valence-electron chi connectivity index (χ0n) is 16.2. The number of rotatable bonds is 1. The van der Waals surface area contributed by atoms with Crippen LogP contribution in [0.4, 0.5) is 0 Å². The van der Waals surface area contributed by atoms with E-state index in [1.165, 1.54) is 43.2 Å². The molecule has 3 unspecified atom stereocenters. The van der Waals surface area contributed by atoms with Crippen LogP contribution in [0.25, 0.3) is 0 Å². The predicted octanol–water partition coefficient (Wildman–Crippen LogP) is 4.96. The van der Waals surface area contributed by atoms with Gasteiger partial charge in [-0.2, -0.15) is 0 Å². The number of fused-ring (bicyclic) bond motifs is 5. The van der Waals surface area contributed by atoms with Gasteiger partial charge in [0.05, 0.1) is 5.56 Å². The summed E-state index contributed by atoms with van der Waals surface area (Å²) >= 11 is 0. The molecule has 2 saturated carbocycles. The van der Waals surface area contributed by atoms with Gasteiger partial charge in [-0.15, -0.1) is 5.92 Å². The first-order chi connectivity index (χ1) is 12.5. The minimum atomic E-state index is -0.364. The fourth-order valence-corrected chi connectivity index (χ4v) is 6.39. The summed E-state index contributed by atoms with van der Waals surface area (Å²) in [4.78, 5) is 11.9. The molecule has 0 bridgehead atoms. The van der Waals surface area contributed by atoms with Crippen molar-refractivity contribution in [1.29, 1.82) is 0 Å². The average molecular weight is 348 g/mol. The molecule has 0 radical (unpaired) electrons. The van der Waals surface area contributed by atoms with E-state index in [0.717, 1.165) is 23.8 Å². The summed E-state index contributed by atoms with van der Waals surface area (Å²) in [5, 5.41) is 0. The van der Waals surface area contributed by atoms with Gasteiger partial charge in [0, 0.05) is 5.56 Å². The molecule has 3 aliphatic rings. The molecule has 1 aromatic carbocycles. The molecule has 1 amide bonds. The molecule has 0 aromatic heterocycles. The normalized spacial score (nSPS) is 33.7. The summed E-state index contributed by atoms with van der Waals surface area (Å²) in [7, 11) is 0. The maximum absolute atomic E-state index is 11.9. The van der Waals surface area contributed by atoms with Crippen molar-refractivity contribution in [2.45, 2.75) is 65.2 Å². The van der Waals surface area contributed by atoms with Crippen LogP contribution in [0.15, 0.2) is 23.8 Å². The molecule has 0 aliphatic heterocycles. The van der Waals surface area contributed by atoms with E-state index in [2.05, 4.69) is 37.8 Å². The molecule has 2 nitrogen and oxygen atoms in total. The predicted molar refractivity (Wildman–Crippen MR) is 106 cm³/mol. The Morgan fingerprint density at radius 3 is 2.77 bits per heavy atom. The molecule has 0 heterocycles. The molecule has 26 heavy (non-hydrogen) atoms. The maximum Gasteiger partial charge on any atom is 0.249 e. The summed E-state index contributed by atoms with van der Waals surface area (Å²) < 4.78 is 0. The van der Waals surface area contributed by atoms with Gasteiger partial charge in [0.25, 0.3) is 0 Å². The third kappa shape index (κ3) is 2.44. The van der Waals surface area contributed by atoms with Crippen molar-refractivity contribution >= 4 is 5.91 Å². The van der Waals surface area contributed by atoms with Crippen molar-refractivity contribution in [1.82, 2.24) is 0 Å².